The van der Waals surface area contributed by atoms with Crippen molar-refractivity contribution in [3.63, 3.8) is 0 Å². The maximum absolute atomic E-state index is 6.16. The van der Waals surface area contributed by atoms with Crippen LogP contribution in [0.1, 0.15) is 46.0 Å². The van der Waals surface area contributed by atoms with E-state index in [1.54, 1.807) is 0 Å². The van der Waals surface area contributed by atoms with Crippen molar-refractivity contribution in [2.75, 3.05) is 5.75 Å². The lowest BCUT2D eigenvalue weighted by molar-refractivity contribution is 0.463. The summed E-state index contributed by atoms with van der Waals surface area (Å²) in [5.41, 5.74) is 6.16. The quantitative estimate of drug-likeness (QED) is 0.740. The van der Waals surface area contributed by atoms with Crippen molar-refractivity contribution in [2.45, 2.75) is 57.2 Å². The standard InChI is InChI=1S/C11H23NS/c1-3-9(2)13-8-11(12)10-6-4-5-7-10/h9-11H,3-8,12H2,1-2H3. The van der Waals surface area contributed by atoms with Crippen molar-refractivity contribution in [2.24, 2.45) is 11.7 Å². The van der Waals surface area contributed by atoms with Crippen LogP contribution in [0.15, 0.2) is 0 Å². The van der Waals surface area contributed by atoms with E-state index in [1.807, 2.05) is 11.8 Å². The van der Waals surface area contributed by atoms with Crippen LogP contribution in [0.5, 0.6) is 0 Å². The van der Waals surface area contributed by atoms with E-state index < -0.39 is 0 Å². The Kier molecular flexibility index (Phi) is 5.18. The Labute approximate surface area is 86.8 Å². The number of nitrogens with two attached hydrogens (primary N) is 1. The highest BCUT2D eigenvalue weighted by Crippen LogP contribution is 2.29. The van der Waals surface area contributed by atoms with E-state index in [4.69, 9.17) is 5.73 Å². The lowest BCUT2D eigenvalue weighted by atomic mass is 10.0. The summed E-state index contributed by atoms with van der Waals surface area (Å²) in [7, 11) is 0. The smallest absolute Gasteiger partial charge is 0.0159 e. The Morgan fingerprint density at radius 1 is 1.38 bits per heavy atom. The zero-order valence-electron chi connectivity index (χ0n) is 8.96. The molecule has 0 bridgehead atoms. The van der Waals surface area contributed by atoms with Gasteiger partial charge in [-0.25, -0.2) is 0 Å². The van der Waals surface area contributed by atoms with Crippen molar-refractivity contribution >= 4 is 11.8 Å². The monoisotopic (exact) mass is 201 g/mol. The Morgan fingerprint density at radius 2 is 2.00 bits per heavy atom. The van der Waals surface area contributed by atoms with Crippen molar-refractivity contribution in [3.8, 4) is 0 Å². The molecule has 0 amide bonds. The summed E-state index contributed by atoms with van der Waals surface area (Å²) in [4.78, 5) is 0. The minimum atomic E-state index is 0.460. The Morgan fingerprint density at radius 3 is 2.54 bits per heavy atom. The van der Waals surface area contributed by atoms with Crippen LogP contribution in [0.4, 0.5) is 0 Å². The second-order valence-corrected chi connectivity index (χ2v) is 5.73. The minimum Gasteiger partial charge on any atom is -0.327 e. The molecule has 0 spiro atoms. The first-order valence-electron chi connectivity index (χ1n) is 5.61. The molecule has 0 aromatic rings. The number of rotatable bonds is 5. The average molecular weight is 201 g/mol. The predicted octanol–water partition coefficient (Wildman–Crippen LogP) is 3.04. The van der Waals surface area contributed by atoms with Gasteiger partial charge in [-0.05, 0) is 25.2 Å². The molecule has 2 atom stereocenters. The van der Waals surface area contributed by atoms with Crippen LogP contribution in [0.2, 0.25) is 0 Å². The van der Waals surface area contributed by atoms with Crippen molar-refractivity contribution < 1.29 is 0 Å². The summed E-state index contributed by atoms with van der Waals surface area (Å²) < 4.78 is 0. The molecular formula is C11H23NS. The van der Waals surface area contributed by atoms with Crippen molar-refractivity contribution in [3.05, 3.63) is 0 Å². The molecule has 78 valence electrons. The average Bonchev–Trinajstić information content (AvgIpc) is 2.66. The number of hydrogen-bond donors (Lipinski definition) is 1. The molecule has 0 aromatic heterocycles. The molecule has 0 heterocycles. The first kappa shape index (κ1) is 11.4. The van der Waals surface area contributed by atoms with Crippen LogP contribution in [0, 0.1) is 5.92 Å². The third-order valence-electron chi connectivity index (χ3n) is 3.15. The van der Waals surface area contributed by atoms with Gasteiger partial charge >= 0.3 is 0 Å². The molecule has 1 aliphatic carbocycles. The van der Waals surface area contributed by atoms with E-state index in [1.165, 1.54) is 37.9 Å². The van der Waals surface area contributed by atoms with Gasteiger partial charge in [-0.2, -0.15) is 11.8 Å². The van der Waals surface area contributed by atoms with Gasteiger partial charge in [-0.3, -0.25) is 0 Å². The van der Waals surface area contributed by atoms with E-state index in [-0.39, 0.29) is 0 Å². The molecule has 0 aromatic carbocycles. The third-order valence-corrected chi connectivity index (χ3v) is 4.63. The summed E-state index contributed by atoms with van der Waals surface area (Å²) in [5, 5.41) is 0.785. The summed E-state index contributed by atoms with van der Waals surface area (Å²) in [6.45, 7) is 4.55. The van der Waals surface area contributed by atoms with Crippen LogP contribution in [0.25, 0.3) is 0 Å². The van der Waals surface area contributed by atoms with Gasteiger partial charge in [0, 0.05) is 17.0 Å². The SMILES string of the molecule is CCC(C)SCC(N)C1CCCC1. The van der Waals surface area contributed by atoms with E-state index in [0.29, 0.717) is 6.04 Å². The van der Waals surface area contributed by atoms with Crippen molar-refractivity contribution in [1.82, 2.24) is 0 Å². The summed E-state index contributed by atoms with van der Waals surface area (Å²) in [5.74, 6) is 2.00. The molecular weight excluding hydrogens is 178 g/mol. The van der Waals surface area contributed by atoms with Crippen molar-refractivity contribution in [1.29, 1.82) is 0 Å². The van der Waals surface area contributed by atoms with Gasteiger partial charge in [0.1, 0.15) is 0 Å². The van der Waals surface area contributed by atoms with E-state index in [9.17, 15) is 0 Å². The molecule has 2 heteroatoms. The second-order valence-electron chi connectivity index (χ2n) is 4.26. The lowest BCUT2D eigenvalue weighted by Crippen LogP contribution is -2.31. The Bertz CT molecular complexity index is 132. The highest BCUT2D eigenvalue weighted by Gasteiger charge is 2.21. The van der Waals surface area contributed by atoms with Gasteiger partial charge in [0.15, 0.2) is 0 Å². The predicted molar refractivity (Wildman–Crippen MR) is 62.1 cm³/mol. The first-order chi connectivity index (χ1) is 6.24. The zero-order valence-corrected chi connectivity index (χ0v) is 9.78. The first-order valence-corrected chi connectivity index (χ1v) is 6.66. The van der Waals surface area contributed by atoms with Gasteiger partial charge in [-0.15, -0.1) is 0 Å². The van der Waals surface area contributed by atoms with Crippen LogP contribution >= 0.6 is 11.8 Å². The van der Waals surface area contributed by atoms with E-state index in [0.717, 1.165) is 11.2 Å². The molecule has 13 heavy (non-hydrogen) atoms. The van der Waals surface area contributed by atoms with Gasteiger partial charge < -0.3 is 5.73 Å². The second kappa shape index (κ2) is 5.92. The summed E-state index contributed by atoms with van der Waals surface area (Å²) in [6.07, 6.45) is 6.84. The summed E-state index contributed by atoms with van der Waals surface area (Å²) >= 11 is 2.05. The number of thioether (sulfide) groups is 1. The fraction of sp³-hybridized carbons (Fsp3) is 1.00. The fourth-order valence-corrected chi connectivity index (χ4v) is 2.97. The van der Waals surface area contributed by atoms with E-state index in [2.05, 4.69) is 13.8 Å². The molecule has 1 nitrogen and oxygen atoms in total. The maximum atomic E-state index is 6.16. The molecule has 1 saturated carbocycles. The zero-order chi connectivity index (χ0) is 9.68. The summed E-state index contributed by atoms with van der Waals surface area (Å²) in [6, 6.07) is 0.460. The van der Waals surface area contributed by atoms with Crippen LogP contribution in [-0.2, 0) is 0 Å². The topological polar surface area (TPSA) is 26.0 Å². The van der Waals surface area contributed by atoms with Gasteiger partial charge in [0.25, 0.3) is 0 Å². The van der Waals surface area contributed by atoms with Gasteiger partial charge in [-0.1, -0.05) is 26.7 Å². The van der Waals surface area contributed by atoms with Crippen LogP contribution in [-0.4, -0.2) is 17.0 Å². The highest BCUT2D eigenvalue weighted by molar-refractivity contribution is 7.99. The molecule has 2 unspecified atom stereocenters. The fourth-order valence-electron chi connectivity index (χ4n) is 1.91. The lowest BCUT2D eigenvalue weighted by Gasteiger charge is -2.19. The normalized spacial score (nSPS) is 23.3. The largest absolute Gasteiger partial charge is 0.327 e. The molecule has 1 aliphatic rings. The molecule has 0 radical (unpaired) electrons. The highest BCUT2D eigenvalue weighted by atomic mass is 32.2. The maximum Gasteiger partial charge on any atom is 0.0159 e. The van der Waals surface area contributed by atoms with Gasteiger partial charge in [0.05, 0.1) is 0 Å². The number of hydrogen-bond acceptors (Lipinski definition) is 2. The van der Waals surface area contributed by atoms with Crippen LogP contribution < -0.4 is 5.73 Å². The molecule has 0 saturated heterocycles. The van der Waals surface area contributed by atoms with Crippen LogP contribution in [0.3, 0.4) is 0 Å². The molecule has 0 aliphatic heterocycles. The molecule has 1 rings (SSSR count). The third kappa shape index (κ3) is 3.90. The van der Waals surface area contributed by atoms with E-state index >= 15 is 0 Å². The molecule has 1 fully saturated rings. The minimum absolute atomic E-state index is 0.460. The Hall–Kier alpha value is 0.310. The Balaban J connectivity index is 2.12. The molecule has 2 N–H and O–H groups in total. The van der Waals surface area contributed by atoms with Gasteiger partial charge in [0.2, 0.25) is 0 Å².